The van der Waals surface area contributed by atoms with Crippen LogP contribution in [0.5, 0.6) is 0 Å². The molecule has 0 N–H and O–H groups in total. The van der Waals surface area contributed by atoms with Gasteiger partial charge >= 0.3 is 0 Å². The number of hydrogen-bond donors (Lipinski definition) is 0. The molecule has 1 aliphatic heterocycles. The summed E-state index contributed by atoms with van der Waals surface area (Å²) in [6, 6.07) is 0. The van der Waals surface area contributed by atoms with E-state index in [0.717, 1.165) is 31.8 Å². The van der Waals surface area contributed by atoms with Crippen LogP contribution in [0.15, 0.2) is 0 Å². The monoisotopic (exact) mass is 197 g/mol. The van der Waals surface area contributed by atoms with E-state index in [-0.39, 0.29) is 0 Å². The topological polar surface area (TPSA) is 20.3 Å². The maximum atomic E-state index is 11.3. The van der Waals surface area contributed by atoms with Crippen molar-refractivity contribution in [2.75, 3.05) is 13.1 Å². The maximum absolute atomic E-state index is 11.3. The smallest absolute Gasteiger partial charge is 0.222 e. The molecule has 0 saturated carbocycles. The van der Waals surface area contributed by atoms with Crippen LogP contribution in [-0.4, -0.2) is 23.9 Å². The largest absolute Gasteiger partial charge is 0.343 e. The molecule has 1 saturated heterocycles. The van der Waals surface area contributed by atoms with Gasteiger partial charge in [-0.05, 0) is 18.8 Å². The average molecular weight is 197 g/mol. The second-order valence-electron chi connectivity index (χ2n) is 4.73. The first-order valence-electron chi connectivity index (χ1n) is 5.98. The minimum Gasteiger partial charge on any atom is -0.343 e. The standard InChI is InChI=1S/C12H23NO/c1-11(2)7-4-3-5-9-13-10-6-8-12(13)14/h11H,3-10H2,1-2H3. The van der Waals surface area contributed by atoms with Crippen LogP contribution >= 0.6 is 0 Å². The van der Waals surface area contributed by atoms with Crippen LogP contribution in [0.4, 0.5) is 0 Å². The minimum absolute atomic E-state index is 0.369. The summed E-state index contributed by atoms with van der Waals surface area (Å²) in [6.45, 7) is 6.54. The van der Waals surface area contributed by atoms with Gasteiger partial charge in [0.1, 0.15) is 0 Å². The third-order valence-corrected chi connectivity index (χ3v) is 2.88. The normalized spacial score (nSPS) is 17.1. The lowest BCUT2D eigenvalue weighted by Gasteiger charge is -2.15. The van der Waals surface area contributed by atoms with E-state index in [2.05, 4.69) is 13.8 Å². The van der Waals surface area contributed by atoms with E-state index in [1.165, 1.54) is 25.7 Å². The molecule has 0 aliphatic carbocycles. The molecule has 2 nitrogen and oxygen atoms in total. The van der Waals surface area contributed by atoms with Crippen molar-refractivity contribution in [1.82, 2.24) is 4.90 Å². The zero-order chi connectivity index (χ0) is 10.4. The van der Waals surface area contributed by atoms with E-state index < -0.39 is 0 Å². The van der Waals surface area contributed by atoms with Crippen LogP contribution in [-0.2, 0) is 4.79 Å². The molecule has 0 aromatic carbocycles. The number of likely N-dealkylation sites (tertiary alicyclic amines) is 1. The van der Waals surface area contributed by atoms with Crippen LogP contribution in [0.25, 0.3) is 0 Å². The van der Waals surface area contributed by atoms with Crippen LogP contribution in [0.3, 0.4) is 0 Å². The van der Waals surface area contributed by atoms with Gasteiger partial charge in [0.15, 0.2) is 0 Å². The first-order chi connectivity index (χ1) is 6.70. The summed E-state index contributed by atoms with van der Waals surface area (Å²) < 4.78 is 0. The van der Waals surface area contributed by atoms with Crippen LogP contribution in [0.1, 0.15) is 52.4 Å². The van der Waals surface area contributed by atoms with Crippen molar-refractivity contribution < 1.29 is 4.79 Å². The number of carbonyl (C=O) groups excluding carboxylic acids is 1. The Hall–Kier alpha value is -0.530. The molecule has 1 fully saturated rings. The first-order valence-corrected chi connectivity index (χ1v) is 5.98. The lowest BCUT2D eigenvalue weighted by Crippen LogP contribution is -2.25. The van der Waals surface area contributed by atoms with Crippen molar-refractivity contribution in [2.45, 2.75) is 52.4 Å². The van der Waals surface area contributed by atoms with Crippen molar-refractivity contribution >= 4 is 5.91 Å². The average Bonchev–Trinajstić information content (AvgIpc) is 2.51. The number of carbonyl (C=O) groups is 1. The highest BCUT2D eigenvalue weighted by Gasteiger charge is 2.18. The fourth-order valence-corrected chi connectivity index (χ4v) is 1.97. The number of rotatable bonds is 6. The van der Waals surface area contributed by atoms with Gasteiger partial charge in [-0.25, -0.2) is 0 Å². The zero-order valence-corrected chi connectivity index (χ0v) is 9.59. The molecule has 0 aromatic rings. The minimum atomic E-state index is 0.369. The molecule has 2 heteroatoms. The molecule has 0 aromatic heterocycles. The van der Waals surface area contributed by atoms with Gasteiger partial charge in [-0.1, -0.05) is 33.1 Å². The summed E-state index contributed by atoms with van der Waals surface area (Å²) in [5.74, 6) is 1.19. The van der Waals surface area contributed by atoms with Gasteiger partial charge < -0.3 is 4.90 Å². The van der Waals surface area contributed by atoms with E-state index >= 15 is 0 Å². The Kier molecular flexibility index (Phi) is 4.99. The summed E-state index contributed by atoms with van der Waals surface area (Å²) in [4.78, 5) is 13.3. The third kappa shape index (κ3) is 4.12. The number of unbranched alkanes of at least 4 members (excludes halogenated alkanes) is 2. The predicted octanol–water partition coefficient (Wildman–Crippen LogP) is 2.83. The van der Waals surface area contributed by atoms with Gasteiger partial charge in [0.25, 0.3) is 0 Å². The highest BCUT2D eigenvalue weighted by atomic mass is 16.2. The van der Waals surface area contributed by atoms with Crippen molar-refractivity contribution in [3.8, 4) is 0 Å². The Labute approximate surface area is 87.7 Å². The highest BCUT2D eigenvalue weighted by Crippen LogP contribution is 2.12. The van der Waals surface area contributed by atoms with Crippen LogP contribution in [0, 0.1) is 5.92 Å². The number of amides is 1. The van der Waals surface area contributed by atoms with Crippen molar-refractivity contribution in [3.05, 3.63) is 0 Å². The van der Waals surface area contributed by atoms with Gasteiger partial charge in [-0.2, -0.15) is 0 Å². The maximum Gasteiger partial charge on any atom is 0.222 e. The lowest BCUT2D eigenvalue weighted by molar-refractivity contribution is -0.127. The highest BCUT2D eigenvalue weighted by molar-refractivity contribution is 5.77. The predicted molar refractivity (Wildman–Crippen MR) is 59.1 cm³/mol. The first kappa shape index (κ1) is 11.5. The SMILES string of the molecule is CC(C)CCCCCN1CCCC1=O. The molecule has 0 atom stereocenters. The molecular formula is C12H23NO. The van der Waals surface area contributed by atoms with Gasteiger partial charge in [-0.15, -0.1) is 0 Å². The van der Waals surface area contributed by atoms with Gasteiger partial charge in [0.05, 0.1) is 0 Å². The van der Waals surface area contributed by atoms with Gasteiger partial charge in [0, 0.05) is 19.5 Å². The molecule has 1 aliphatic rings. The Balaban J connectivity index is 1.96. The number of hydrogen-bond acceptors (Lipinski definition) is 1. The van der Waals surface area contributed by atoms with Crippen LogP contribution in [0.2, 0.25) is 0 Å². The van der Waals surface area contributed by atoms with Crippen molar-refractivity contribution in [2.24, 2.45) is 5.92 Å². The molecule has 1 heterocycles. The summed E-state index contributed by atoms with van der Waals surface area (Å²) in [6.07, 6.45) is 6.98. The second-order valence-corrected chi connectivity index (χ2v) is 4.73. The van der Waals surface area contributed by atoms with E-state index in [1.807, 2.05) is 4.90 Å². The summed E-state index contributed by atoms with van der Waals surface area (Å²) in [7, 11) is 0. The molecular weight excluding hydrogens is 174 g/mol. The summed E-state index contributed by atoms with van der Waals surface area (Å²) in [5, 5.41) is 0. The summed E-state index contributed by atoms with van der Waals surface area (Å²) >= 11 is 0. The molecule has 1 rings (SSSR count). The van der Waals surface area contributed by atoms with Gasteiger partial charge in [0.2, 0.25) is 5.91 Å². The Morgan fingerprint density at radius 2 is 2.07 bits per heavy atom. The summed E-state index contributed by atoms with van der Waals surface area (Å²) in [5.41, 5.74) is 0. The molecule has 0 unspecified atom stereocenters. The van der Waals surface area contributed by atoms with E-state index in [9.17, 15) is 4.79 Å². The Morgan fingerprint density at radius 1 is 1.29 bits per heavy atom. The van der Waals surface area contributed by atoms with E-state index in [0.29, 0.717) is 5.91 Å². The van der Waals surface area contributed by atoms with Crippen molar-refractivity contribution in [1.29, 1.82) is 0 Å². The van der Waals surface area contributed by atoms with E-state index in [4.69, 9.17) is 0 Å². The molecule has 0 bridgehead atoms. The quantitative estimate of drug-likeness (QED) is 0.600. The third-order valence-electron chi connectivity index (χ3n) is 2.88. The second kappa shape index (κ2) is 6.05. The number of nitrogens with zero attached hydrogens (tertiary/aromatic N) is 1. The van der Waals surface area contributed by atoms with Crippen LogP contribution < -0.4 is 0 Å². The fourth-order valence-electron chi connectivity index (χ4n) is 1.97. The zero-order valence-electron chi connectivity index (χ0n) is 9.59. The molecule has 14 heavy (non-hydrogen) atoms. The van der Waals surface area contributed by atoms with Gasteiger partial charge in [-0.3, -0.25) is 4.79 Å². The fraction of sp³-hybridized carbons (Fsp3) is 0.917. The molecule has 1 amide bonds. The molecule has 82 valence electrons. The molecule has 0 radical (unpaired) electrons. The lowest BCUT2D eigenvalue weighted by atomic mass is 10.1. The Morgan fingerprint density at radius 3 is 2.64 bits per heavy atom. The Bertz CT molecular complexity index is 177. The van der Waals surface area contributed by atoms with Crippen molar-refractivity contribution in [3.63, 3.8) is 0 Å². The van der Waals surface area contributed by atoms with E-state index in [1.54, 1.807) is 0 Å². The molecule has 0 spiro atoms.